The number of hydrogen-bond donors (Lipinski definition) is 11. The Hall–Kier alpha value is -9.09. The molecular weight excluding hydrogens is 1350 g/mol. The first-order valence-corrected chi connectivity index (χ1v) is 37.6. The minimum absolute atomic E-state index is 0.0156. The minimum Gasteiger partial charge on any atom is -0.508 e. The van der Waals surface area contributed by atoms with E-state index in [0.717, 1.165) is 51.1 Å². The highest BCUT2D eigenvalue weighted by atomic mass is 32.2. The molecule has 0 saturated carbocycles. The second-order valence-electron chi connectivity index (χ2n) is 26.0. The van der Waals surface area contributed by atoms with Crippen LogP contribution < -0.4 is 42.8 Å². The predicted octanol–water partition coefficient (Wildman–Crippen LogP) is 7.08. The number of hydrogen-bond acceptors (Lipinski definition) is 16. The maximum Gasteiger partial charge on any atom is 0.294 e. The van der Waals surface area contributed by atoms with E-state index in [2.05, 4.69) is 33.5 Å². The third-order valence-corrected chi connectivity index (χ3v) is 19.7. The number of phenols is 1. The molecule has 13 N–H and O–H groups in total. The molecule has 3 fully saturated rings. The summed E-state index contributed by atoms with van der Waals surface area (Å²) >= 11 is 0. The maximum atomic E-state index is 14.4. The Labute approximate surface area is 597 Å². The summed E-state index contributed by atoms with van der Waals surface area (Å²) in [5.74, 6) is -3.59. The fourth-order valence-electron chi connectivity index (χ4n) is 12.1. The first-order valence-electron chi connectivity index (χ1n) is 34.7. The van der Waals surface area contributed by atoms with Crippen LogP contribution in [0.3, 0.4) is 0 Å². The van der Waals surface area contributed by atoms with E-state index in [0.29, 0.717) is 19.4 Å². The SMILES string of the molecule is CCCCCCCCOc1ccc(-c2ccc(-c3ccc(C(=O)N[C@H]4CCCNC(=O)[C@@H]5C[C@H](N)CN5C(=O)[C@H](CCCN)NC(=O)[C@H](CCc5ccc(O)cc5)NC(=O)[C@@H]5CCCN5C(=O)[C@H]([C@@H](C)O)NC4=O)cc3)cc2)cc1.Cc1ccc(S(=O)(=O)O)cc1.Cc1ccc(S(=O)(=O)O)cc1. The van der Waals surface area contributed by atoms with Crippen LogP contribution in [-0.2, 0) is 55.4 Å². The number of aliphatic hydroxyl groups excluding tert-OH is 1. The van der Waals surface area contributed by atoms with E-state index in [1.165, 1.54) is 85.2 Å². The van der Waals surface area contributed by atoms with Crippen molar-refractivity contribution in [2.24, 2.45) is 11.5 Å². The monoisotopic (exact) mass is 1440 g/mol. The van der Waals surface area contributed by atoms with Crippen molar-refractivity contribution in [1.82, 2.24) is 36.4 Å². The van der Waals surface area contributed by atoms with Crippen LogP contribution in [-0.4, -0.2) is 168 Å². The van der Waals surface area contributed by atoms with Crippen molar-refractivity contribution in [2.75, 3.05) is 32.8 Å². The number of nitrogens with zero attached hydrogens (tertiary/aromatic N) is 2. The summed E-state index contributed by atoms with van der Waals surface area (Å²) < 4.78 is 65.1. The Kier molecular flexibility index (Phi) is 30.5. The van der Waals surface area contributed by atoms with Crippen LogP contribution in [0.4, 0.5) is 0 Å². The molecule has 3 aliphatic rings. The topological polar surface area (TPSA) is 397 Å². The lowest BCUT2D eigenvalue weighted by atomic mass is 9.99. The first kappa shape index (κ1) is 80.2. The number of nitrogens with one attached hydrogen (secondary N) is 5. The van der Waals surface area contributed by atoms with Gasteiger partial charge in [0.1, 0.15) is 47.8 Å². The van der Waals surface area contributed by atoms with Crippen LogP contribution in [0, 0.1) is 13.8 Å². The summed E-state index contributed by atoms with van der Waals surface area (Å²) in [5.41, 5.74) is 19.0. The van der Waals surface area contributed by atoms with Gasteiger partial charge >= 0.3 is 0 Å². The number of carbonyl (C=O) groups excluding carboxylic acids is 7. The molecular formula is C75H97N9O16S2. The highest BCUT2D eigenvalue weighted by Gasteiger charge is 2.44. The molecule has 6 aromatic carbocycles. The molecule has 27 heteroatoms. The molecule has 8 atom stereocenters. The van der Waals surface area contributed by atoms with E-state index >= 15 is 0 Å². The molecule has 0 spiro atoms. The Morgan fingerprint density at radius 3 is 1.70 bits per heavy atom. The number of phenolic OH excluding ortho intramolecular Hbond substituents is 1. The Morgan fingerprint density at radius 1 is 0.608 bits per heavy atom. The van der Waals surface area contributed by atoms with E-state index in [1.807, 2.05) is 74.5 Å². The van der Waals surface area contributed by atoms with Crippen LogP contribution in [0.15, 0.2) is 155 Å². The molecule has 0 unspecified atom stereocenters. The summed E-state index contributed by atoms with van der Waals surface area (Å²) in [6, 6.07) is 33.6. The van der Waals surface area contributed by atoms with Crippen molar-refractivity contribution in [3.63, 3.8) is 0 Å². The molecule has 25 nitrogen and oxygen atoms in total. The number of carbonyl (C=O) groups is 7. The van der Waals surface area contributed by atoms with Gasteiger partial charge in [0.25, 0.3) is 26.1 Å². The average molecular weight is 1440 g/mol. The van der Waals surface area contributed by atoms with Crippen LogP contribution in [0.25, 0.3) is 22.3 Å². The van der Waals surface area contributed by atoms with E-state index < -0.39 is 110 Å². The lowest BCUT2D eigenvalue weighted by Gasteiger charge is -2.32. The minimum atomic E-state index is -4.02. The number of benzene rings is 6. The maximum absolute atomic E-state index is 14.4. The largest absolute Gasteiger partial charge is 0.508 e. The second kappa shape index (κ2) is 38.8. The quantitative estimate of drug-likeness (QED) is 0.0253. The number of amides is 7. The number of unbranched alkanes of at least 4 members (excludes halogenated alkanes) is 5. The third-order valence-electron chi connectivity index (χ3n) is 18.0. The van der Waals surface area contributed by atoms with Crippen LogP contribution in [0.5, 0.6) is 11.5 Å². The normalized spacial score (nSPS) is 20.5. The van der Waals surface area contributed by atoms with Crippen molar-refractivity contribution in [2.45, 2.75) is 182 Å². The van der Waals surface area contributed by atoms with Gasteiger partial charge in [-0.1, -0.05) is 135 Å². The zero-order chi connectivity index (χ0) is 74.1. The highest BCUT2D eigenvalue weighted by molar-refractivity contribution is 7.86. The molecule has 0 bridgehead atoms. The van der Waals surface area contributed by atoms with E-state index in [4.69, 9.17) is 25.3 Å². The van der Waals surface area contributed by atoms with Gasteiger partial charge in [-0.3, -0.25) is 42.7 Å². The van der Waals surface area contributed by atoms with Crippen LogP contribution in [0.2, 0.25) is 0 Å². The molecule has 550 valence electrons. The molecule has 0 aromatic heterocycles. The van der Waals surface area contributed by atoms with E-state index in [9.17, 15) is 60.6 Å². The van der Waals surface area contributed by atoms with Gasteiger partial charge < -0.3 is 62.8 Å². The summed E-state index contributed by atoms with van der Waals surface area (Å²) in [6.07, 6.45) is 7.50. The first-order chi connectivity index (χ1) is 48.6. The highest BCUT2D eigenvalue weighted by Crippen LogP contribution is 2.28. The number of aromatic hydroxyl groups is 1. The number of rotatable bonds is 21. The zero-order valence-electron chi connectivity index (χ0n) is 58.2. The molecule has 0 radical (unpaired) electrons. The smallest absolute Gasteiger partial charge is 0.294 e. The second-order valence-corrected chi connectivity index (χ2v) is 28.9. The Morgan fingerprint density at radius 2 is 1.15 bits per heavy atom. The number of aliphatic hydroxyl groups is 1. The third kappa shape index (κ3) is 24.3. The van der Waals surface area contributed by atoms with E-state index in [-0.39, 0.29) is 92.2 Å². The molecule has 3 saturated heterocycles. The fraction of sp³-hybridized carbons (Fsp3) is 0.427. The number of aryl methyl sites for hydroxylation is 3. The van der Waals surface area contributed by atoms with Gasteiger partial charge in [-0.2, -0.15) is 16.8 Å². The zero-order valence-corrected chi connectivity index (χ0v) is 59.8. The van der Waals surface area contributed by atoms with Crippen molar-refractivity contribution in [3.05, 3.63) is 168 Å². The standard InChI is InChI=1S/C61H81N9O10.2C7H8O3S/c1-3-4-5-6-7-8-36-80-48-30-26-44(27-31-48)42-20-18-41(19-21-42)43-22-24-45(25-23-43)55(73)65-49-13-10-34-64-58(76)53-37-46(63)38-70(53)60(78)51(12-9-33-62)67-56(74)50(32-17-40-15-28-47(72)29-16-40)66-59(77)52-14-11-35-69(52)61(79)54(39(2)71)68-57(49)75;2*1-6-2-4-7(5-3-6)11(8,9)10/h15-16,18-31,39,46,49-54,71-72H,3-14,17,32-38,62-63H2,1-2H3,(H,64,76)(H,65,73)(H,66,77)(H,67,74)(H,68,75);2*2-5H,1H3,(H,8,9,10)/t39-,46+,49+,50+,51+,52+,53+,54+;;/m1../s1. The molecule has 7 amide bonds. The van der Waals surface area contributed by atoms with Gasteiger partial charge in [0, 0.05) is 31.2 Å². The Bertz CT molecular complexity index is 3910. The molecule has 9 rings (SSSR count). The molecule has 3 heterocycles. The van der Waals surface area contributed by atoms with Gasteiger partial charge in [0.05, 0.1) is 22.5 Å². The number of fused-ring (bicyclic) bond motifs is 2. The Balaban J connectivity index is 0.000000560. The molecule has 102 heavy (non-hydrogen) atoms. The van der Waals surface area contributed by atoms with E-state index in [1.54, 1.807) is 48.5 Å². The van der Waals surface area contributed by atoms with Gasteiger partial charge in [0.2, 0.25) is 35.4 Å². The fourth-order valence-corrected chi connectivity index (χ4v) is 13.1. The molecule has 6 aromatic rings. The van der Waals surface area contributed by atoms with Crippen molar-refractivity contribution in [1.29, 1.82) is 0 Å². The van der Waals surface area contributed by atoms with Crippen molar-refractivity contribution < 1.29 is 74.5 Å². The predicted molar refractivity (Wildman–Crippen MR) is 387 cm³/mol. The van der Waals surface area contributed by atoms with Crippen molar-refractivity contribution in [3.8, 4) is 33.8 Å². The summed E-state index contributed by atoms with van der Waals surface area (Å²) in [4.78, 5) is 102. The number of nitrogens with two attached hydrogens (primary N) is 2. The lowest BCUT2D eigenvalue weighted by Crippen LogP contribution is -2.61. The average Bonchev–Trinajstić information content (AvgIpc) is 1.63. The lowest BCUT2D eigenvalue weighted by molar-refractivity contribution is -0.144. The van der Waals surface area contributed by atoms with Crippen molar-refractivity contribution >= 4 is 61.6 Å². The summed E-state index contributed by atoms with van der Waals surface area (Å²) in [7, 11) is -8.04. The summed E-state index contributed by atoms with van der Waals surface area (Å²) in [5, 5.41) is 35.0. The van der Waals surface area contributed by atoms with Gasteiger partial charge in [-0.15, -0.1) is 0 Å². The van der Waals surface area contributed by atoms with Gasteiger partial charge in [-0.05, 0) is 180 Å². The molecule has 3 aliphatic heterocycles. The van der Waals surface area contributed by atoms with Crippen LogP contribution in [0.1, 0.15) is 131 Å². The summed E-state index contributed by atoms with van der Waals surface area (Å²) in [6.45, 7) is 8.31. The number of ether oxygens (including phenoxy) is 1. The van der Waals surface area contributed by atoms with Crippen LogP contribution >= 0.6 is 0 Å². The molecule has 0 aliphatic carbocycles. The van der Waals surface area contributed by atoms with Gasteiger partial charge in [-0.25, -0.2) is 0 Å². The van der Waals surface area contributed by atoms with Gasteiger partial charge in [0.15, 0.2) is 0 Å².